The van der Waals surface area contributed by atoms with E-state index in [4.69, 9.17) is 0 Å². The van der Waals surface area contributed by atoms with Gasteiger partial charge in [0, 0.05) is 18.0 Å². The van der Waals surface area contributed by atoms with Gasteiger partial charge in [-0.1, -0.05) is 26.0 Å². The Morgan fingerprint density at radius 1 is 1.27 bits per heavy atom. The number of aromatic nitrogens is 4. The van der Waals surface area contributed by atoms with Crippen LogP contribution < -0.4 is 5.32 Å². The van der Waals surface area contributed by atoms with Gasteiger partial charge in [0.25, 0.3) is 11.7 Å². The first-order chi connectivity index (χ1) is 10.6. The predicted molar refractivity (Wildman–Crippen MR) is 82.5 cm³/mol. The summed E-state index contributed by atoms with van der Waals surface area (Å²) < 4.78 is 1.58. The molecule has 6 nitrogen and oxygen atoms in total. The summed E-state index contributed by atoms with van der Waals surface area (Å²) in [6.45, 7) is 4.52. The smallest absolute Gasteiger partial charge is 0.252 e. The third kappa shape index (κ3) is 2.95. The highest BCUT2D eigenvalue weighted by Gasteiger charge is 2.09. The lowest BCUT2D eigenvalue weighted by atomic mass is 10.0. The highest BCUT2D eigenvalue weighted by atomic mass is 16.1. The van der Waals surface area contributed by atoms with Crippen molar-refractivity contribution in [2.45, 2.75) is 26.3 Å². The lowest BCUT2D eigenvalue weighted by molar-refractivity contribution is 0.0950. The molecule has 3 aromatic rings. The van der Waals surface area contributed by atoms with E-state index in [1.165, 1.54) is 5.56 Å². The van der Waals surface area contributed by atoms with Gasteiger partial charge in [-0.2, -0.15) is 4.98 Å². The summed E-state index contributed by atoms with van der Waals surface area (Å²) >= 11 is 0. The monoisotopic (exact) mass is 295 g/mol. The second-order valence-electron chi connectivity index (χ2n) is 5.35. The van der Waals surface area contributed by atoms with Crippen LogP contribution >= 0.6 is 0 Å². The third-order valence-electron chi connectivity index (χ3n) is 3.41. The average Bonchev–Trinajstić information content (AvgIpc) is 2.95. The highest BCUT2D eigenvalue weighted by molar-refractivity contribution is 5.94. The van der Waals surface area contributed by atoms with E-state index in [9.17, 15) is 4.79 Å². The van der Waals surface area contributed by atoms with Crippen LogP contribution in [0.25, 0.3) is 5.78 Å². The number of hydrogen-bond acceptors (Lipinski definition) is 4. The van der Waals surface area contributed by atoms with Crippen molar-refractivity contribution >= 4 is 11.7 Å². The minimum atomic E-state index is -0.137. The van der Waals surface area contributed by atoms with Gasteiger partial charge in [-0.05, 0) is 29.7 Å². The molecule has 22 heavy (non-hydrogen) atoms. The molecule has 0 saturated heterocycles. The van der Waals surface area contributed by atoms with Gasteiger partial charge in [0.1, 0.15) is 0 Å². The van der Waals surface area contributed by atoms with Crippen LogP contribution in [0.15, 0.2) is 42.7 Å². The molecule has 0 aliphatic heterocycles. The molecule has 0 radical (unpaired) electrons. The largest absolute Gasteiger partial charge is 0.345 e. The van der Waals surface area contributed by atoms with Crippen molar-refractivity contribution in [2.24, 2.45) is 0 Å². The van der Waals surface area contributed by atoms with Crippen molar-refractivity contribution in [3.05, 3.63) is 59.7 Å². The maximum atomic E-state index is 12.1. The summed E-state index contributed by atoms with van der Waals surface area (Å²) in [6.07, 6.45) is 3.42. The topological polar surface area (TPSA) is 72.2 Å². The lowest BCUT2D eigenvalue weighted by Gasteiger charge is -2.07. The van der Waals surface area contributed by atoms with Gasteiger partial charge in [0.05, 0.1) is 6.54 Å². The Balaban J connectivity index is 1.66. The van der Waals surface area contributed by atoms with Crippen LogP contribution in [0.2, 0.25) is 0 Å². The number of hydrogen-bond donors (Lipinski definition) is 1. The van der Waals surface area contributed by atoms with Gasteiger partial charge < -0.3 is 5.32 Å². The fraction of sp³-hybridized carbons (Fsp3) is 0.250. The van der Waals surface area contributed by atoms with E-state index in [1.807, 2.05) is 24.3 Å². The maximum absolute atomic E-state index is 12.1. The highest BCUT2D eigenvalue weighted by Crippen LogP contribution is 2.14. The molecule has 0 atom stereocenters. The molecular weight excluding hydrogens is 278 g/mol. The first kappa shape index (κ1) is 14.2. The second-order valence-corrected chi connectivity index (χ2v) is 5.35. The number of nitrogens with one attached hydrogen (secondary N) is 1. The van der Waals surface area contributed by atoms with Crippen molar-refractivity contribution in [3.63, 3.8) is 0 Å². The quantitative estimate of drug-likeness (QED) is 0.800. The molecule has 0 aliphatic rings. The Morgan fingerprint density at radius 2 is 2.05 bits per heavy atom. The number of nitrogens with zero attached hydrogens (tertiary/aromatic N) is 4. The minimum Gasteiger partial charge on any atom is -0.345 e. The standard InChI is InChI=1S/C16H17N5O/c1-11(2)12-4-6-13(7-5-12)15(22)18-10-14-19-16-17-8-3-9-21(16)20-14/h3-9,11H,10H2,1-2H3,(H,18,22). The first-order valence-electron chi connectivity index (χ1n) is 7.18. The molecular formula is C16H17N5O. The Hall–Kier alpha value is -2.76. The van der Waals surface area contributed by atoms with Crippen LogP contribution in [-0.2, 0) is 6.54 Å². The van der Waals surface area contributed by atoms with E-state index in [2.05, 4.69) is 34.2 Å². The number of carbonyl (C=O) groups excluding carboxylic acids is 1. The molecule has 0 fully saturated rings. The van der Waals surface area contributed by atoms with Crippen molar-refractivity contribution in [1.29, 1.82) is 0 Å². The van der Waals surface area contributed by atoms with E-state index >= 15 is 0 Å². The van der Waals surface area contributed by atoms with E-state index in [1.54, 1.807) is 23.0 Å². The van der Waals surface area contributed by atoms with E-state index in [0.29, 0.717) is 23.1 Å². The average molecular weight is 295 g/mol. The van der Waals surface area contributed by atoms with Crippen LogP contribution in [0.5, 0.6) is 0 Å². The van der Waals surface area contributed by atoms with Crippen LogP contribution in [0.4, 0.5) is 0 Å². The van der Waals surface area contributed by atoms with Gasteiger partial charge in [0.2, 0.25) is 0 Å². The van der Waals surface area contributed by atoms with Crippen LogP contribution in [0.3, 0.4) is 0 Å². The Kier molecular flexibility index (Phi) is 3.82. The maximum Gasteiger partial charge on any atom is 0.252 e. The van der Waals surface area contributed by atoms with Gasteiger partial charge in [-0.15, -0.1) is 5.10 Å². The summed E-state index contributed by atoms with van der Waals surface area (Å²) in [6, 6.07) is 9.41. The van der Waals surface area contributed by atoms with E-state index < -0.39 is 0 Å². The lowest BCUT2D eigenvalue weighted by Crippen LogP contribution is -2.23. The number of carbonyl (C=O) groups is 1. The van der Waals surface area contributed by atoms with Crippen LogP contribution in [-0.4, -0.2) is 25.5 Å². The van der Waals surface area contributed by atoms with Crippen molar-refractivity contribution < 1.29 is 4.79 Å². The fourth-order valence-electron chi connectivity index (χ4n) is 2.13. The third-order valence-corrected chi connectivity index (χ3v) is 3.41. The Bertz CT molecular complexity index is 759. The molecule has 1 aromatic carbocycles. The van der Waals surface area contributed by atoms with Crippen molar-refractivity contribution in [2.75, 3.05) is 0 Å². The zero-order valence-electron chi connectivity index (χ0n) is 12.5. The van der Waals surface area contributed by atoms with E-state index in [-0.39, 0.29) is 12.5 Å². The van der Waals surface area contributed by atoms with Crippen LogP contribution in [0.1, 0.15) is 41.5 Å². The Labute approximate surface area is 128 Å². The molecule has 1 N–H and O–H groups in total. The molecule has 112 valence electrons. The number of fused-ring (bicyclic) bond motifs is 1. The minimum absolute atomic E-state index is 0.137. The van der Waals surface area contributed by atoms with E-state index in [0.717, 1.165) is 0 Å². The summed E-state index contributed by atoms with van der Waals surface area (Å²) in [5, 5.41) is 7.06. The number of benzene rings is 1. The zero-order chi connectivity index (χ0) is 15.5. The Morgan fingerprint density at radius 3 is 2.73 bits per heavy atom. The van der Waals surface area contributed by atoms with Gasteiger partial charge in [-0.3, -0.25) is 4.79 Å². The predicted octanol–water partition coefficient (Wildman–Crippen LogP) is 2.18. The molecule has 2 heterocycles. The molecule has 0 unspecified atom stereocenters. The van der Waals surface area contributed by atoms with Gasteiger partial charge in [0.15, 0.2) is 5.82 Å². The summed E-state index contributed by atoms with van der Waals surface area (Å²) in [5.41, 5.74) is 1.84. The summed E-state index contributed by atoms with van der Waals surface area (Å²) in [4.78, 5) is 20.5. The van der Waals surface area contributed by atoms with Crippen LogP contribution in [0, 0.1) is 0 Å². The van der Waals surface area contributed by atoms with Crippen molar-refractivity contribution in [1.82, 2.24) is 24.9 Å². The first-order valence-corrected chi connectivity index (χ1v) is 7.18. The second kappa shape index (κ2) is 5.93. The fourth-order valence-corrected chi connectivity index (χ4v) is 2.13. The summed E-state index contributed by atoms with van der Waals surface area (Å²) in [5.74, 6) is 1.37. The van der Waals surface area contributed by atoms with Crippen molar-refractivity contribution in [3.8, 4) is 0 Å². The number of amides is 1. The molecule has 3 rings (SSSR count). The number of rotatable bonds is 4. The molecule has 0 bridgehead atoms. The molecule has 6 heteroatoms. The summed E-state index contributed by atoms with van der Waals surface area (Å²) in [7, 11) is 0. The SMILES string of the molecule is CC(C)c1ccc(C(=O)NCc2nc3ncccn3n2)cc1. The zero-order valence-corrected chi connectivity index (χ0v) is 12.5. The molecule has 0 spiro atoms. The molecule has 0 saturated carbocycles. The molecule has 1 amide bonds. The molecule has 0 aliphatic carbocycles. The van der Waals surface area contributed by atoms with Gasteiger partial charge >= 0.3 is 0 Å². The normalized spacial score (nSPS) is 11.0. The van der Waals surface area contributed by atoms with Gasteiger partial charge in [-0.25, -0.2) is 9.50 Å². The molecule has 2 aromatic heterocycles.